The molecule has 0 saturated carbocycles. The molecule has 0 radical (unpaired) electrons. The number of hydrogen-bond acceptors (Lipinski definition) is 5. The zero-order valence-corrected chi connectivity index (χ0v) is 29.0. The quantitative estimate of drug-likeness (QED) is 0.126. The van der Waals surface area contributed by atoms with E-state index in [4.69, 9.17) is 19.4 Å². The van der Waals surface area contributed by atoms with Gasteiger partial charge in [-0.05, 0) is 45.0 Å². The smallest absolute Gasteiger partial charge is 0.179 e. The molecule has 52 heavy (non-hydrogen) atoms. The second kappa shape index (κ2) is 13.1. The molecule has 0 bridgehead atoms. The highest BCUT2D eigenvalue weighted by Gasteiger charge is 2.41. The maximum atomic E-state index is 9.75. The van der Waals surface area contributed by atoms with Crippen molar-refractivity contribution in [1.82, 2.24) is 15.0 Å². The Kier molecular flexibility index (Phi) is 7.81. The third kappa shape index (κ3) is 5.28. The zero-order chi connectivity index (χ0) is 34.9. The van der Waals surface area contributed by atoms with Crippen LogP contribution in [0.15, 0.2) is 186 Å². The summed E-state index contributed by atoms with van der Waals surface area (Å²) in [4.78, 5) is 15.4. The average molecular weight is 683 g/mol. The Morgan fingerprint density at radius 2 is 0.942 bits per heavy atom. The van der Waals surface area contributed by atoms with Crippen molar-refractivity contribution in [2.45, 2.75) is 0 Å². The van der Waals surface area contributed by atoms with Crippen LogP contribution in [-0.2, 0) is 0 Å². The van der Waals surface area contributed by atoms with Crippen molar-refractivity contribution in [3.8, 4) is 40.2 Å². The Balaban J connectivity index is 1.31. The number of aromatic nitrogens is 3. The van der Waals surface area contributed by atoms with Gasteiger partial charge in [-0.2, -0.15) is 5.26 Å². The number of nitrogens with zero attached hydrogens (tertiary/aromatic N) is 4. The Bertz CT molecular complexity index is 2660. The Hall–Kier alpha value is -6.94. The summed E-state index contributed by atoms with van der Waals surface area (Å²) in [6, 6.07) is 65.0. The van der Waals surface area contributed by atoms with Gasteiger partial charge in [0.2, 0.25) is 0 Å². The normalized spacial score (nSPS) is 11.4. The molecule has 9 aromatic rings. The van der Waals surface area contributed by atoms with E-state index in [0.29, 0.717) is 23.0 Å². The number of para-hydroxylation sites is 1. The highest BCUT2D eigenvalue weighted by molar-refractivity contribution is 7.19. The molecule has 9 rings (SSSR count). The summed E-state index contributed by atoms with van der Waals surface area (Å²) in [6.45, 7) is 0. The molecule has 5 nitrogen and oxygen atoms in total. The first-order chi connectivity index (χ1) is 25.7. The van der Waals surface area contributed by atoms with Gasteiger partial charge in [-0.3, -0.25) is 0 Å². The summed E-state index contributed by atoms with van der Waals surface area (Å²) in [6.07, 6.45) is 0. The molecule has 244 valence electrons. The summed E-state index contributed by atoms with van der Waals surface area (Å²) >= 11 is 0. The van der Waals surface area contributed by atoms with Gasteiger partial charge in [0.15, 0.2) is 25.5 Å². The van der Waals surface area contributed by atoms with Gasteiger partial charge in [0.05, 0.1) is 11.6 Å². The van der Waals surface area contributed by atoms with E-state index in [-0.39, 0.29) is 0 Å². The third-order valence-corrected chi connectivity index (χ3v) is 14.5. The monoisotopic (exact) mass is 682 g/mol. The summed E-state index contributed by atoms with van der Waals surface area (Å²) in [5.74, 6) is 1.57. The lowest BCUT2D eigenvalue weighted by molar-refractivity contribution is 0.669. The lowest BCUT2D eigenvalue weighted by Gasteiger charge is -2.34. The number of furan rings is 1. The van der Waals surface area contributed by atoms with Crippen LogP contribution in [0.25, 0.3) is 56.1 Å². The van der Waals surface area contributed by atoms with E-state index in [9.17, 15) is 5.26 Å². The van der Waals surface area contributed by atoms with E-state index < -0.39 is 8.07 Å². The fraction of sp³-hybridized carbons (Fsp3) is 0. The number of hydrogen-bond donors (Lipinski definition) is 0. The molecule has 0 aliphatic heterocycles. The van der Waals surface area contributed by atoms with Crippen molar-refractivity contribution >= 4 is 50.8 Å². The fourth-order valence-electron chi connectivity index (χ4n) is 7.40. The molecule has 0 aliphatic rings. The highest BCUT2D eigenvalue weighted by atomic mass is 28.3. The molecule has 2 heterocycles. The largest absolute Gasteiger partial charge is 0.456 e. The molecule has 2 aromatic heterocycles. The average Bonchev–Trinajstić information content (AvgIpc) is 3.61. The third-order valence-electron chi connectivity index (χ3n) is 9.70. The zero-order valence-electron chi connectivity index (χ0n) is 28.0. The molecule has 6 heteroatoms. The predicted molar refractivity (Wildman–Crippen MR) is 212 cm³/mol. The number of fused-ring (bicyclic) bond motifs is 3. The van der Waals surface area contributed by atoms with Crippen molar-refractivity contribution in [3.63, 3.8) is 0 Å². The van der Waals surface area contributed by atoms with Crippen LogP contribution in [0.1, 0.15) is 5.56 Å². The first kappa shape index (κ1) is 31.1. The van der Waals surface area contributed by atoms with Gasteiger partial charge >= 0.3 is 0 Å². The first-order valence-corrected chi connectivity index (χ1v) is 19.2. The standard InChI is InChI=1S/C46H30N4OSi/c47-31-32-15-12-16-33(29-32)44-48-45(50-46(49-44)40-26-14-28-42-43(40)39-25-10-11-27-41(39)51-42)34-17-13-24-38(30-34)52(35-18-4-1-5-19-35,36-20-6-2-7-21-36)37-22-8-3-9-23-37/h1-30H. The van der Waals surface area contributed by atoms with Crippen LogP contribution < -0.4 is 20.7 Å². The minimum Gasteiger partial charge on any atom is -0.456 e. The van der Waals surface area contributed by atoms with Gasteiger partial charge in [-0.25, -0.2) is 15.0 Å². The van der Waals surface area contributed by atoms with Gasteiger partial charge in [-0.1, -0.05) is 158 Å². The van der Waals surface area contributed by atoms with E-state index in [1.807, 2.05) is 54.6 Å². The van der Waals surface area contributed by atoms with Crippen molar-refractivity contribution in [3.05, 3.63) is 188 Å². The Labute approximate surface area is 302 Å². The Morgan fingerprint density at radius 1 is 0.442 bits per heavy atom. The van der Waals surface area contributed by atoms with E-state index in [1.54, 1.807) is 6.07 Å². The van der Waals surface area contributed by atoms with Gasteiger partial charge < -0.3 is 4.42 Å². The molecule has 0 saturated heterocycles. The molecule has 0 fully saturated rings. The minimum absolute atomic E-state index is 0.491. The molecule has 7 aromatic carbocycles. The van der Waals surface area contributed by atoms with Crippen LogP contribution in [-0.4, -0.2) is 23.0 Å². The van der Waals surface area contributed by atoms with Crippen molar-refractivity contribution in [2.75, 3.05) is 0 Å². The second-order valence-electron chi connectivity index (χ2n) is 12.7. The fourth-order valence-corrected chi connectivity index (χ4v) is 12.2. The van der Waals surface area contributed by atoms with Crippen LogP contribution in [0.3, 0.4) is 0 Å². The number of rotatable bonds is 7. The first-order valence-electron chi connectivity index (χ1n) is 17.2. The Morgan fingerprint density at radius 3 is 1.58 bits per heavy atom. The second-order valence-corrected chi connectivity index (χ2v) is 16.5. The molecule has 0 unspecified atom stereocenters. The molecule has 0 atom stereocenters. The maximum Gasteiger partial charge on any atom is 0.179 e. The van der Waals surface area contributed by atoms with E-state index in [1.165, 1.54) is 20.7 Å². The predicted octanol–water partition coefficient (Wildman–Crippen LogP) is 8.02. The van der Waals surface area contributed by atoms with Crippen LogP contribution in [0.4, 0.5) is 0 Å². The van der Waals surface area contributed by atoms with Crippen LogP contribution >= 0.6 is 0 Å². The summed E-state index contributed by atoms with van der Waals surface area (Å²) in [7, 11) is -2.81. The van der Waals surface area contributed by atoms with Crippen LogP contribution in [0.2, 0.25) is 0 Å². The molecule has 0 amide bonds. The molecule has 0 N–H and O–H groups in total. The molecular formula is C46H30N4OSi. The van der Waals surface area contributed by atoms with E-state index in [0.717, 1.165) is 38.6 Å². The molecule has 0 spiro atoms. The maximum absolute atomic E-state index is 9.75. The molecule has 0 aliphatic carbocycles. The van der Waals surface area contributed by atoms with Gasteiger partial charge in [0.25, 0.3) is 0 Å². The van der Waals surface area contributed by atoms with Crippen LogP contribution in [0.5, 0.6) is 0 Å². The highest BCUT2D eigenvalue weighted by Crippen LogP contribution is 2.36. The van der Waals surface area contributed by atoms with Gasteiger partial charge in [0.1, 0.15) is 11.2 Å². The van der Waals surface area contributed by atoms with Crippen molar-refractivity contribution in [1.29, 1.82) is 5.26 Å². The van der Waals surface area contributed by atoms with Gasteiger partial charge in [-0.15, -0.1) is 0 Å². The summed E-state index contributed by atoms with van der Waals surface area (Å²) in [5, 5.41) is 16.8. The number of nitriles is 1. The number of benzene rings is 7. The molecular weight excluding hydrogens is 653 g/mol. The summed E-state index contributed by atoms with van der Waals surface area (Å²) < 4.78 is 6.25. The SMILES string of the molecule is N#Cc1cccc(-c2nc(-c3cccc([Si](c4ccccc4)(c4ccccc4)c4ccccc4)c3)nc(-c3cccc4oc5ccccc5c34)n2)c1. The van der Waals surface area contributed by atoms with Gasteiger partial charge in [0, 0.05) is 27.5 Å². The van der Waals surface area contributed by atoms with Crippen molar-refractivity contribution in [2.24, 2.45) is 0 Å². The van der Waals surface area contributed by atoms with E-state index in [2.05, 4.69) is 127 Å². The minimum atomic E-state index is -2.81. The van der Waals surface area contributed by atoms with Crippen molar-refractivity contribution < 1.29 is 4.42 Å². The topological polar surface area (TPSA) is 75.6 Å². The van der Waals surface area contributed by atoms with Crippen LogP contribution in [0, 0.1) is 11.3 Å². The lowest BCUT2D eigenvalue weighted by Crippen LogP contribution is -2.74. The summed E-state index contributed by atoms with van der Waals surface area (Å²) in [5.41, 5.74) is 4.57. The van der Waals surface area contributed by atoms with E-state index >= 15 is 0 Å². The lowest BCUT2D eigenvalue weighted by atomic mass is 10.1.